The van der Waals surface area contributed by atoms with Crippen LogP contribution in [0.25, 0.3) is 0 Å². The summed E-state index contributed by atoms with van der Waals surface area (Å²) in [5, 5.41) is 2.81. The van der Waals surface area contributed by atoms with E-state index in [4.69, 9.17) is 10.5 Å². The number of carbonyl (C=O) groups is 2. The number of amides is 2. The molecule has 0 unspecified atom stereocenters. The second-order valence-corrected chi connectivity index (χ2v) is 6.44. The molecule has 0 aromatic heterocycles. The summed E-state index contributed by atoms with van der Waals surface area (Å²) in [5.74, 6) is 0.102. The molecule has 3 rings (SSSR count). The van der Waals surface area contributed by atoms with Crippen LogP contribution in [0.5, 0.6) is 5.75 Å². The van der Waals surface area contributed by atoms with Gasteiger partial charge in [-0.25, -0.2) is 0 Å². The van der Waals surface area contributed by atoms with Crippen molar-refractivity contribution in [3.63, 3.8) is 0 Å². The zero-order valence-electron chi connectivity index (χ0n) is 14.8. The van der Waals surface area contributed by atoms with Crippen LogP contribution >= 0.6 is 0 Å². The highest BCUT2D eigenvalue weighted by Crippen LogP contribution is 2.28. The fourth-order valence-electron chi connectivity index (χ4n) is 2.90. The number of anilines is 1. The molecule has 136 valence electrons. The number of nitrogens with two attached hydrogens (primary N) is 1. The van der Waals surface area contributed by atoms with Crippen LogP contribution in [0.1, 0.15) is 28.8 Å². The molecule has 1 aliphatic carbocycles. The summed E-state index contributed by atoms with van der Waals surface area (Å²) in [6, 6.07) is 15.1. The molecule has 0 bridgehead atoms. The third-order valence-electron chi connectivity index (χ3n) is 4.42. The van der Waals surface area contributed by atoms with Gasteiger partial charge in [0, 0.05) is 12.6 Å². The van der Waals surface area contributed by atoms with Crippen LogP contribution in [-0.2, 0) is 11.3 Å². The van der Waals surface area contributed by atoms with E-state index in [1.807, 2.05) is 24.3 Å². The molecule has 3 N–H and O–H groups in total. The Morgan fingerprint density at radius 1 is 1.15 bits per heavy atom. The van der Waals surface area contributed by atoms with Crippen LogP contribution in [-0.4, -0.2) is 36.4 Å². The molecule has 0 saturated heterocycles. The number of carbonyl (C=O) groups excluding carboxylic acids is 2. The third-order valence-corrected chi connectivity index (χ3v) is 4.42. The van der Waals surface area contributed by atoms with Gasteiger partial charge in [0.05, 0.1) is 24.9 Å². The standard InChI is InChI=1S/C20H23N3O3/c1-26-16-10-6-14(7-11-16)12-23(15-8-9-15)13-19(24)22-18-5-3-2-4-17(18)20(21)25/h2-7,10-11,15H,8-9,12-13H2,1H3,(H2,21,25)(H,22,24). The summed E-state index contributed by atoms with van der Waals surface area (Å²) in [4.78, 5) is 26.1. The maximum Gasteiger partial charge on any atom is 0.250 e. The summed E-state index contributed by atoms with van der Waals surface area (Å²) in [6.07, 6.45) is 2.20. The molecule has 6 nitrogen and oxygen atoms in total. The minimum atomic E-state index is -0.557. The first-order valence-corrected chi connectivity index (χ1v) is 8.62. The molecule has 0 spiro atoms. The summed E-state index contributed by atoms with van der Waals surface area (Å²) < 4.78 is 5.18. The predicted molar refractivity (Wildman–Crippen MR) is 100 cm³/mol. The van der Waals surface area contributed by atoms with Gasteiger partial charge in [0.15, 0.2) is 0 Å². The monoisotopic (exact) mass is 353 g/mol. The number of nitrogens with one attached hydrogen (secondary N) is 1. The highest BCUT2D eigenvalue weighted by molar-refractivity contribution is 6.03. The number of rotatable bonds is 8. The van der Waals surface area contributed by atoms with Crippen LogP contribution in [0.3, 0.4) is 0 Å². The van der Waals surface area contributed by atoms with Gasteiger partial charge < -0.3 is 15.8 Å². The molecule has 6 heteroatoms. The van der Waals surface area contributed by atoms with E-state index in [1.54, 1.807) is 31.4 Å². The number of hydrogen-bond acceptors (Lipinski definition) is 4. The highest BCUT2D eigenvalue weighted by atomic mass is 16.5. The van der Waals surface area contributed by atoms with Gasteiger partial charge in [0.2, 0.25) is 5.91 Å². The van der Waals surface area contributed by atoms with Crippen molar-refractivity contribution in [1.29, 1.82) is 0 Å². The van der Waals surface area contributed by atoms with E-state index in [1.165, 1.54) is 0 Å². The molecule has 0 atom stereocenters. The molecular weight excluding hydrogens is 330 g/mol. The molecule has 0 heterocycles. The van der Waals surface area contributed by atoms with E-state index in [2.05, 4.69) is 10.2 Å². The van der Waals surface area contributed by atoms with Crippen molar-refractivity contribution in [2.75, 3.05) is 19.0 Å². The zero-order chi connectivity index (χ0) is 18.5. The highest BCUT2D eigenvalue weighted by Gasteiger charge is 2.30. The summed E-state index contributed by atoms with van der Waals surface area (Å²) >= 11 is 0. The fourth-order valence-corrected chi connectivity index (χ4v) is 2.90. The van der Waals surface area contributed by atoms with Crippen LogP contribution in [0.15, 0.2) is 48.5 Å². The maximum atomic E-state index is 12.5. The Balaban J connectivity index is 1.64. The number of primary amides is 1. The van der Waals surface area contributed by atoms with Crippen molar-refractivity contribution in [2.45, 2.75) is 25.4 Å². The maximum absolute atomic E-state index is 12.5. The molecule has 1 saturated carbocycles. The Kier molecular flexibility index (Phi) is 5.53. The average molecular weight is 353 g/mol. The van der Waals surface area contributed by atoms with E-state index < -0.39 is 5.91 Å². The number of hydrogen-bond donors (Lipinski definition) is 2. The lowest BCUT2D eigenvalue weighted by atomic mass is 10.1. The average Bonchev–Trinajstić information content (AvgIpc) is 3.47. The number of para-hydroxylation sites is 1. The van der Waals surface area contributed by atoms with E-state index in [9.17, 15) is 9.59 Å². The number of methoxy groups -OCH3 is 1. The van der Waals surface area contributed by atoms with Gasteiger partial charge in [-0.15, -0.1) is 0 Å². The van der Waals surface area contributed by atoms with Gasteiger partial charge in [0.25, 0.3) is 5.91 Å². The Labute approximate surface area is 152 Å². The first kappa shape index (κ1) is 17.9. The van der Waals surface area contributed by atoms with Crippen molar-refractivity contribution in [3.05, 3.63) is 59.7 Å². The van der Waals surface area contributed by atoms with Crippen LogP contribution in [0.2, 0.25) is 0 Å². The second kappa shape index (κ2) is 8.01. The minimum absolute atomic E-state index is 0.154. The fraction of sp³-hybridized carbons (Fsp3) is 0.300. The Morgan fingerprint density at radius 2 is 1.85 bits per heavy atom. The van der Waals surface area contributed by atoms with Gasteiger partial charge in [0.1, 0.15) is 5.75 Å². The summed E-state index contributed by atoms with van der Waals surface area (Å²) in [7, 11) is 1.64. The van der Waals surface area contributed by atoms with Gasteiger partial charge >= 0.3 is 0 Å². The number of ether oxygens (including phenoxy) is 1. The molecule has 26 heavy (non-hydrogen) atoms. The lowest BCUT2D eigenvalue weighted by molar-refractivity contribution is -0.117. The van der Waals surface area contributed by atoms with Crippen LogP contribution in [0, 0.1) is 0 Å². The third kappa shape index (κ3) is 4.61. The SMILES string of the molecule is COc1ccc(CN(CC(=O)Nc2ccccc2C(N)=O)C2CC2)cc1. The van der Waals surface area contributed by atoms with Crippen molar-refractivity contribution < 1.29 is 14.3 Å². The summed E-state index contributed by atoms with van der Waals surface area (Å²) in [5.41, 5.74) is 7.26. The van der Waals surface area contributed by atoms with Crippen molar-refractivity contribution >= 4 is 17.5 Å². The lowest BCUT2D eigenvalue weighted by Crippen LogP contribution is -2.34. The molecular formula is C20H23N3O3. The first-order chi connectivity index (χ1) is 12.6. The van der Waals surface area contributed by atoms with E-state index in [0.29, 0.717) is 23.8 Å². The zero-order valence-corrected chi connectivity index (χ0v) is 14.8. The van der Waals surface area contributed by atoms with Crippen LogP contribution in [0.4, 0.5) is 5.69 Å². The molecule has 2 aromatic rings. The van der Waals surface area contributed by atoms with E-state index >= 15 is 0 Å². The smallest absolute Gasteiger partial charge is 0.250 e. The van der Waals surface area contributed by atoms with E-state index in [-0.39, 0.29) is 12.5 Å². The van der Waals surface area contributed by atoms with Gasteiger partial charge in [-0.05, 0) is 42.7 Å². The van der Waals surface area contributed by atoms with Crippen molar-refractivity contribution in [1.82, 2.24) is 4.90 Å². The Morgan fingerprint density at radius 3 is 2.46 bits per heavy atom. The van der Waals surface area contributed by atoms with Crippen molar-refractivity contribution in [2.24, 2.45) is 5.73 Å². The molecule has 2 amide bonds. The number of benzene rings is 2. The molecule has 0 aliphatic heterocycles. The topological polar surface area (TPSA) is 84.7 Å². The largest absolute Gasteiger partial charge is 0.497 e. The normalized spacial score (nSPS) is 13.5. The predicted octanol–water partition coefficient (Wildman–Crippen LogP) is 2.40. The molecule has 2 aromatic carbocycles. The van der Waals surface area contributed by atoms with Gasteiger partial charge in [-0.1, -0.05) is 24.3 Å². The quantitative estimate of drug-likeness (QED) is 0.763. The lowest BCUT2D eigenvalue weighted by Gasteiger charge is -2.22. The minimum Gasteiger partial charge on any atom is -0.497 e. The van der Waals surface area contributed by atoms with Crippen molar-refractivity contribution in [3.8, 4) is 5.75 Å². The van der Waals surface area contributed by atoms with Crippen LogP contribution < -0.4 is 15.8 Å². The Hall–Kier alpha value is -2.86. The van der Waals surface area contributed by atoms with E-state index in [0.717, 1.165) is 24.2 Å². The molecule has 1 fully saturated rings. The van der Waals surface area contributed by atoms with Gasteiger partial charge in [-0.3, -0.25) is 14.5 Å². The second-order valence-electron chi connectivity index (χ2n) is 6.44. The number of nitrogens with zero attached hydrogens (tertiary/aromatic N) is 1. The molecule has 1 aliphatic rings. The first-order valence-electron chi connectivity index (χ1n) is 8.62. The Bertz CT molecular complexity index is 785. The summed E-state index contributed by atoms with van der Waals surface area (Å²) in [6.45, 7) is 0.962. The van der Waals surface area contributed by atoms with Gasteiger partial charge in [-0.2, -0.15) is 0 Å². The molecule has 0 radical (unpaired) electrons.